The predicted molar refractivity (Wildman–Crippen MR) is 90.3 cm³/mol. The zero-order valence-electron chi connectivity index (χ0n) is 11.7. The number of carbonyl (C=O) groups is 1. The lowest BCUT2D eigenvalue weighted by atomic mass is 10.1. The van der Waals surface area contributed by atoms with Gasteiger partial charge in [-0.3, -0.25) is 4.79 Å². The van der Waals surface area contributed by atoms with Gasteiger partial charge < -0.3 is 10.3 Å². The number of halogens is 2. The van der Waals surface area contributed by atoms with E-state index < -0.39 is 0 Å². The fourth-order valence-electron chi connectivity index (χ4n) is 2.34. The van der Waals surface area contributed by atoms with Crippen LogP contribution in [0.1, 0.15) is 11.1 Å². The van der Waals surface area contributed by atoms with Crippen molar-refractivity contribution in [2.45, 2.75) is 13.0 Å². The number of benzene rings is 2. The van der Waals surface area contributed by atoms with E-state index >= 15 is 0 Å². The molecule has 0 bridgehead atoms. The first-order chi connectivity index (χ1) is 10.6. The van der Waals surface area contributed by atoms with Gasteiger partial charge in [-0.25, -0.2) is 0 Å². The number of aromatic amines is 1. The van der Waals surface area contributed by atoms with Gasteiger partial charge in [-0.1, -0.05) is 35.3 Å². The Morgan fingerprint density at radius 1 is 1.05 bits per heavy atom. The summed E-state index contributed by atoms with van der Waals surface area (Å²) in [6.45, 7) is 0.485. The highest BCUT2D eigenvalue weighted by atomic mass is 35.5. The summed E-state index contributed by atoms with van der Waals surface area (Å²) in [5.74, 6) is -0.0316. The van der Waals surface area contributed by atoms with Crippen molar-refractivity contribution in [3.8, 4) is 0 Å². The molecule has 0 aliphatic heterocycles. The Morgan fingerprint density at radius 2 is 1.77 bits per heavy atom. The Labute approximate surface area is 138 Å². The molecule has 3 rings (SSSR count). The van der Waals surface area contributed by atoms with E-state index in [1.165, 1.54) is 0 Å². The first-order valence-corrected chi connectivity index (χ1v) is 7.64. The molecule has 0 saturated heterocycles. The third kappa shape index (κ3) is 3.43. The molecule has 0 radical (unpaired) electrons. The SMILES string of the molecule is O=C(Cc1c[nH]c2ccc(Cl)cc12)NCc1ccc(Cl)cc1. The maximum absolute atomic E-state index is 12.1. The summed E-state index contributed by atoms with van der Waals surface area (Å²) in [6.07, 6.45) is 2.16. The number of fused-ring (bicyclic) bond motifs is 1. The summed E-state index contributed by atoms with van der Waals surface area (Å²) in [5.41, 5.74) is 2.93. The number of hydrogen-bond donors (Lipinski definition) is 2. The summed E-state index contributed by atoms with van der Waals surface area (Å²) in [5, 5.41) is 5.24. The first kappa shape index (κ1) is 14.9. The number of amides is 1. The highest BCUT2D eigenvalue weighted by molar-refractivity contribution is 6.31. The third-order valence-corrected chi connectivity index (χ3v) is 3.97. The summed E-state index contributed by atoms with van der Waals surface area (Å²) in [7, 11) is 0. The highest BCUT2D eigenvalue weighted by Crippen LogP contribution is 2.22. The molecule has 5 heteroatoms. The van der Waals surface area contributed by atoms with E-state index in [1.54, 1.807) is 0 Å². The van der Waals surface area contributed by atoms with E-state index in [4.69, 9.17) is 23.2 Å². The number of nitrogens with one attached hydrogen (secondary N) is 2. The van der Waals surface area contributed by atoms with E-state index in [1.807, 2.05) is 48.7 Å². The van der Waals surface area contributed by atoms with Crippen LogP contribution in [0.2, 0.25) is 10.0 Å². The van der Waals surface area contributed by atoms with Crippen LogP contribution in [0, 0.1) is 0 Å². The second-order valence-corrected chi connectivity index (χ2v) is 5.96. The molecule has 0 unspecified atom stereocenters. The quantitative estimate of drug-likeness (QED) is 0.733. The van der Waals surface area contributed by atoms with Gasteiger partial charge in [-0.05, 0) is 41.5 Å². The van der Waals surface area contributed by atoms with E-state index in [-0.39, 0.29) is 5.91 Å². The first-order valence-electron chi connectivity index (χ1n) is 6.88. The number of rotatable bonds is 4. The zero-order valence-corrected chi connectivity index (χ0v) is 13.2. The minimum atomic E-state index is -0.0316. The number of hydrogen-bond acceptors (Lipinski definition) is 1. The number of carbonyl (C=O) groups excluding carboxylic acids is 1. The molecule has 0 spiro atoms. The van der Waals surface area contributed by atoms with Crippen molar-refractivity contribution in [1.82, 2.24) is 10.3 Å². The predicted octanol–water partition coefficient (Wildman–Crippen LogP) is 4.33. The fourth-order valence-corrected chi connectivity index (χ4v) is 2.63. The van der Waals surface area contributed by atoms with E-state index in [9.17, 15) is 4.79 Å². The van der Waals surface area contributed by atoms with E-state index in [0.717, 1.165) is 22.0 Å². The average Bonchev–Trinajstić information content (AvgIpc) is 2.89. The molecular weight excluding hydrogens is 319 g/mol. The van der Waals surface area contributed by atoms with Crippen LogP contribution < -0.4 is 5.32 Å². The number of H-pyrrole nitrogens is 1. The Hall–Kier alpha value is -1.97. The van der Waals surface area contributed by atoms with Crippen LogP contribution in [0.4, 0.5) is 0 Å². The van der Waals surface area contributed by atoms with Gasteiger partial charge in [0, 0.05) is 33.7 Å². The fraction of sp³-hybridized carbons (Fsp3) is 0.118. The molecule has 1 amide bonds. The molecule has 3 nitrogen and oxygen atoms in total. The second-order valence-electron chi connectivity index (χ2n) is 5.08. The van der Waals surface area contributed by atoms with Crippen molar-refractivity contribution in [2.75, 3.05) is 0 Å². The Morgan fingerprint density at radius 3 is 2.55 bits per heavy atom. The second kappa shape index (κ2) is 6.42. The third-order valence-electron chi connectivity index (χ3n) is 3.48. The lowest BCUT2D eigenvalue weighted by molar-refractivity contribution is -0.120. The van der Waals surface area contributed by atoms with Gasteiger partial charge in [0.05, 0.1) is 6.42 Å². The smallest absolute Gasteiger partial charge is 0.224 e. The van der Waals surface area contributed by atoms with Gasteiger partial charge in [0.1, 0.15) is 0 Å². The molecule has 3 aromatic rings. The Kier molecular flexibility index (Phi) is 4.36. The van der Waals surface area contributed by atoms with Crippen LogP contribution in [-0.2, 0) is 17.8 Å². The van der Waals surface area contributed by atoms with Crippen LogP contribution in [0.15, 0.2) is 48.7 Å². The maximum Gasteiger partial charge on any atom is 0.224 e. The summed E-state index contributed by atoms with van der Waals surface area (Å²) < 4.78 is 0. The molecule has 2 aromatic carbocycles. The summed E-state index contributed by atoms with van der Waals surface area (Å²) >= 11 is 11.8. The molecule has 0 saturated carbocycles. The maximum atomic E-state index is 12.1. The van der Waals surface area contributed by atoms with Gasteiger partial charge >= 0.3 is 0 Å². The lowest BCUT2D eigenvalue weighted by Gasteiger charge is -2.05. The molecular formula is C17H14Cl2N2O. The van der Waals surface area contributed by atoms with Gasteiger partial charge in [0.15, 0.2) is 0 Å². The minimum absolute atomic E-state index is 0.0316. The summed E-state index contributed by atoms with van der Waals surface area (Å²) in [4.78, 5) is 15.2. The summed E-state index contributed by atoms with van der Waals surface area (Å²) in [6, 6.07) is 13.0. The monoisotopic (exact) mass is 332 g/mol. The normalized spacial score (nSPS) is 10.8. The van der Waals surface area contributed by atoms with Gasteiger partial charge in [-0.15, -0.1) is 0 Å². The molecule has 22 heavy (non-hydrogen) atoms. The lowest BCUT2D eigenvalue weighted by Crippen LogP contribution is -2.24. The molecule has 1 aromatic heterocycles. The molecule has 0 aliphatic carbocycles. The molecule has 0 fully saturated rings. The molecule has 112 valence electrons. The van der Waals surface area contributed by atoms with Crippen molar-refractivity contribution in [3.63, 3.8) is 0 Å². The standard InChI is InChI=1S/C17H14Cl2N2O/c18-13-3-1-11(2-4-13)9-21-17(22)7-12-10-20-16-6-5-14(19)8-15(12)16/h1-6,8,10,20H,7,9H2,(H,21,22). The van der Waals surface area contributed by atoms with Gasteiger partial charge in [0.2, 0.25) is 5.91 Å². The van der Waals surface area contributed by atoms with Crippen molar-refractivity contribution in [2.24, 2.45) is 0 Å². The molecule has 1 heterocycles. The van der Waals surface area contributed by atoms with Crippen molar-refractivity contribution >= 4 is 40.0 Å². The van der Waals surface area contributed by atoms with Crippen LogP contribution in [0.5, 0.6) is 0 Å². The average molecular weight is 333 g/mol. The molecule has 0 atom stereocenters. The van der Waals surface area contributed by atoms with Crippen molar-refractivity contribution < 1.29 is 4.79 Å². The zero-order chi connectivity index (χ0) is 15.5. The van der Waals surface area contributed by atoms with Crippen LogP contribution >= 0.6 is 23.2 Å². The van der Waals surface area contributed by atoms with E-state index in [2.05, 4.69) is 10.3 Å². The van der Waals surface area contributed by atoms with Crippen molar-refractivity contribution in [3.05, 3.63) is 69.8 Å². The number of aromatic nitrogens is 1. The molecule has 0 aliphatic rings. The highest BCUT2D eigenvalue weighted by Gasteiger charge is 2.09. The van der Waals surface area contributed by atoms with Crippen LogP contribution in [0.25, 0.3) is 10.9 Å². The Bertz CT molecular complexity index is 809. The van der Waals surface area contributed by atoms with Crippen molar-refractivity contribution in [1.29, 1.82) is 0 Å². The van der Waals surface area contributed by atoms with Gasteiger partial charge in [0.25, 0.3) is 0 Å². The van der Waals surface area contributed by atoms with E-state index in [0.29, 0.717) is 23.0 Å². The topological polar surface area (TPSA) is 44.9 Å². The van der Waals surface area contributed by atoms with Crippen LogP contribution in [0.3, 0.4) is 0 Å². The minimum Gasteiger partial charge on any atom is -0.361 e. The largest absolute Gasteiger partial charge is 0.361 e. The van der Waals surface area contributed by atoms with Crippen LogP contribution in [-0.4, -0.2) is 10.9 Å². The Balaban J connectivity index is 1.65. The van der Waals surface area contributed by atoms with Gasteiger partial charge in [-0.2, -0.15) is 0 Å². The molecule has 2 N–H and O–H groups in total.